The number of amides is 2. The van der Waals surface area contributed by atoms with Crippen molar-refractivity contribution in [3.8, 4) is 0 Å². The maximum absolute atomic E-state index is 13.1. The molecule has 0 spiro atoms. The molecule has 30 heavy (non-hydrogen) atoms. The number of nitrogens with zero attached hydrogens (tertiary/aromatic N) is 1. The van der Waals surface area contributed by atoms with Crippen molar-refractivity contribution >= 4 is 23.5 Å². The second kappa shape index (κ2) is 9.57. The molecule has 0 unspecified atom stereocenters. The zero-order valence-electron chi connectivity index (χ0n) is 17.7. The van der Waals surface area contributed by atoms with Gasteiger partial charge >= 0.3 is 5.97 Å². The number of benzene rings is 2. The van der Waals surface area contributed by atoms with E-state index in [4.69, 9.17) is 4.74 Å². The molecule has 2 amide bonds. The zero-order valence-corrected chi connectivity index (χ0v) is 17.7. The van der Waals surface area contributed by atoms with Crippen molar-refractivity contribution in [2.24, 2.45) is 5.92 Å². The minimum atomic E-state index is -1.06. The minimum absolute atomic E-state index is 0.0559. The number of rotatable bonds is 5. The quantitative estimate of drug-likeness (QED) is 0.764. The highest BCUT2D eigenvalue weighted by molar-refractivity contribution is 5.96. The van der Waals surface area contributed by atoms with Crippen LogP contribution in [0.2, 0.25) is 0 Å². The number of carbonyl (C=O) groups excluding carboxylic acids is 3. The van der Waals surface area contributed by atoms with E-state index in [-0.39, 0.29) is 5.91 Å². The lowest BCUT2D eigenvalue weighted by Gasteiger charge is -2.31. The molecule has 0 aliphatic carbocycles. The predicted molar refractivity (Wildman–Crippen MR) is 115 cm³/mol. The normalized spacial score (nSPS) is 17.2. The summed E-state index contributed by atoms with van der Waals surface area (Å²) in [6.45, 7) is 6.39. The Bertz CT molecular complexity index is 906. The number of esters is 1. The summed E-state index contributed by atoms with van der Waals surface area (Å²) in [6.07, 6.45) is 0.319. The lowest BCUT2D eigenvalue weighted by atomic mass is 9.98. The number of nitrogens with one attached hydrogen (secondary N) is 1. The average Bonchev–Trinajstić information content (AvgIpc) is 2.71. The Morgan fingerprint density at radius 2 is 1.73 bits per heavy atom. The largest absolute Gasteiger partial charge is 0.447 e. The van der Waals surface area contributed by atoms with Crippen LogP contribution in [0.4, 0.5) is 5.69 Å². The average molecular weight is 408 g/mol. The van der Waals surface area contributed by atoms with Crippen LogP contribution in [-0.2, 0) is 19.1 Å². The molecule has 1 heterocycles. The Morgan fingerprint density at radius 3 is 2.37 bits per heavy atom. The molecule has 2 aromatic rings. The molecule has 3 rings (SSSR count). The third-order valence-corrected chi connectivity index (χ3v) is 5.26. The summed E-state index contributed by atoms with van der Waals surface area (Å²) in [4.78, 5) is 39.3. The van der Waals surface area contributed by atoms with E-state index >= 15 is 0 Å². The van der Waals surface area contributed by atoms with Crippen LogP contribution in [-0.4, -0.2) is 35.8 Å². The van der Waals surface area contributed by atoms with Crippen molar-refractivity contribution in [3.05, 3.63) is 65.2 Å². The fourth-order valence-electron chi connectivity index (χ4n) is 3.82. The van der Waals surface area contributed by atoms with Crippen LogP contribution in [0.5, 0.6) is 0 Å². The molecule has 1 N–H and O–H groups in total. The van der Waals surface area contributed by atoms with Crippen molar-refractivity contribution in [1.82, 2.24) is 4.90 Å². The smallest absolute Gasteiger partial charge is 0.311 e. The van der Waals surface area contributed by atoms with E-state index in [1.807, 2.05) is 38.1 Å². The number of anilines is 1. The summed E-state index contributed by atoms with van der Waals surface area (Å²) in [5.41, 5.74) is 3.33. The Morgan fingerprint density at radius 1 is 1.07 bits per heavy atom. The monoisotopic (exact) mass is 408 g/mol. The van der Waals surface area contributed by atoms with Gasteiger partial charge in [-0.1, -0.05) is 36.4 Å². The van der Waals surface area contributed by atoms with Gasteiger partial charge in [-0.3, -0.25) is 14.4 Å². The SMILES string of the molecule is CC(=O)N1CCC[C@H](C(=O)O[C@@H](C(=O)Nc2cc(C)cc(C)c2)c2ccccc2)C1. The maximum Gasteiger partial charge on any atom is 0.311 e. The van der Waals surface area contributed by atoms with E-state index in [0.29, 0.717) is 30.8 Å². The molecule has 0 radical (unpaired) electrons. The van der Waals surface area contributed by atoms with Crippen molar-refractivity contribution in [2.75, 3.05) is 18.4 Å². The first-order valence-corrected chi connectivity index (χ1v) is 10.2. The summed E-state index contributed by atoms with van der Waals surface area (Å²) in [5.74, 6) is -1.34. The molecule has 6 heteroatoms. The minimum Gasteiger partial charge on any atom is -0.447 e. The predicted octanol–water partition coefficient (Wildman–Crippen LogP) is 3.78. The van der Waals surface area contributed by atoms with E-state index in [0.717, 1.165) is 17.5 Å². The van der Waals surface area contributed by atoms with Gasteiger partial charge in [0.05, 0.1) is 5.92 Å². The van der Waals surface area contributed by atoms with Crippen LogP contribution in [0.3, 0.4) is 0 Å². The van der Waals surface area contributed by atoms with Crippen LogP contribution < -0.4 is 5.32 Å². The fourth-order valence-corrected chi connectivity index (χ4v) is 3.82. The standard InChI is InChI=1S/C24H28N2O4/c1-16-12-17(2)14-21(13-16)25-23(28)22(19-8-5-4-6-9-19)30-24(29)20-10-7-11-26(15-20)18(3)27/h4-6,8-9,12-14,20,22H,7,10-11,15H2,1-3H3,(H,25,28)/t20-,22+/m0/s1. The highest BCUT2D eigenvalue weighted by atomic mass is 16.5. The first-order chi connectivity index (χ1) is 14.3. The Labute approximate surface area is 177 Å². The molecule has 1 aliphatic rings. The van der Waals surface area contributed by atoms with E-state index in [9.17, 15) is 14.4 Å². The summed E-state index contributed by atoms with van der Waals surface area (Å²) in [5, 5.41) is 2.88. The molecule has 1 saturated heterocycles. The van der Waals surface area contributed by atoms with E-state index in [1.165, 1.54) is 6.92 Å². The Hall–Kier alpha value is -3.15. The highest BCUT2D eigenvalue weighted by Crippen LogP contribution is 2.25. The van der Waals surface area contributed by atoms with Gasteiger partial charge in [0, 0.05) is 31.3 Å². The summed E-state index contributed by atoms with van der Waals surface area (Å²) in [7, 11) is 0. The Kier molecular flexibility index (Phi) is 6.87. The van der Waals surface area contributed by atoms with Gasteiger partial charge < -0.3 is 15.0 Å². The number of carbonyl (C=O) groups is 3. The summed E-state index contributed by atoms with van der Waals surface area (Å²) < 4.78 is 5.71. The van der Waals surface area contributed by atoms with Gasteiger partial charge in [0.15, 0.2) is 0 Å². The molecular formula is C24H28N2O4. The van der Waals surface area contributed by atoms with Crippen molar-refractivity contribution in [2.45, 2.75) is 39.7 Å². The zero-order chi connectivity index (χ0) is 21.7. The maximum atomic E-state index is 13.1. The second-order valence-corrected chi connectivity index (χ2v) is 7.90. The van der Waals surface area contributed by atoms with Gasteiger partial charge in [0.2, 0.25) is 12.0 Å². The van der Waals surface area contributed by atoms with Crippen LogP contribution in [0, 0.1) is 19.8 Å². The number of aryl methyl sites for hydroxylation is 2. The lowest BCUT2D eigenvalue weighted by molar-refractivity contribution is -0.161. The van der Waals surface area contributed by atoms with Gasteiger partial charge in [-0.05, 0) is 49.9 Å². The third-order valence-electron chi connectivity index (χ3n) is 5.26. The van der Waals surface area contributed by atoms with E-state index < -0.39 is 23.9 Å². The molecule has 1 fully saturated rings. The summed E-state index contributed by atoms with van der Waals surface area (Å²) in [6, 6.07) is 14.8. The molecule has 6 nitrogen and oxygen atoms in total. The molecular weight excluding hydrogens is 380 g/mol. The topological polar surface area (TPSA) is 75.7 Å². The highest BCUT2D eigenvalue weighted by Gasteiger charge is 2.32. The van der Waals surface area contributed by atoms with Crippen LogP contribution in [0.15, 0.2) is 48.5 Å². The number of piperidine rings is 1. The number of hydrogen-bond acceptors (Lipinski definition) is 4. The Balaban J connectivity index is 1.78. The van der Waals surface area contributed by atoms with E-state index in [1.54, 1.807) is 29.2 Å². The fraction of sp³-hybridized carbons (Fsp3) is 0.375. The third kappa shape index (κ3) is 5.47. The molecule has 1 aliphatic heterocycles. The van der Waals surface area contributed by atoms with Gasteiger partial charge in [-0.15, -0.1) is 0 Å². The van der Waals surface area contributed by atoms with Gasteiger partial charge in [-0.2, -0.15) is 0 Å². The van der Waals surface area contributed by atoms with Crippen molar-refractivity contribution in [3.63, 3.8) is 0 Å². The van der Waals surface area contributed by atoms with Crippen molar-refractivity contribution in [1.29, 1.82) is 0 Å². The van der Waals surface area contributed by atoms with Crippen LogP contribution >= 0.6 is 0 Å². The van der Waals surface area contributed by atoms with Crippen molar-refractivity contribution < 1.29 is 19.1 Å². The number of ether oxygens (including phenoxy) is 1. The van der Waals surface area contributed by atoms with Crippen LogP contribution in [0.1, 0.15) is 42.6 Å². The molecule has 158 valence electrons. The molecule has 0 saturated carbocycles. The van der Waals surface area contributed by atoms with Crippen LogP contribution in [0.25, 0.3) is 0 Å². The first kappa shape index (κ1) is 21.6. The van der Waals surface area contributed by atoms with Gasteiger partial charge in [-0.25, -0.2) is 0 Å². The second-order valence-electron chi connectivity index (χ2n) is 7.90. The molecule has 0 aromatic heterocycles. The lowest BCUT2D eigenvalue weighted by Crippen LogP contribution is -2.42. The molecule has 0 bridgehead atoms. The molecule has 2 aromatic carbocycles. The number of likely N-dealkylation sites (tertiary alicyclic amines) is 1. The van der Waals surface area contributed by atoms with E-state index in [2.05, 4.69) is 5.32 Å². The summed E-state index contributed by atoms with van der Waals surface area (Å²) >= 11 is 0. The first-order valence-electron chi connectivity index (χ1n) is 10.2. The van der Waals surface area contributed by atoms with Gasteiger partial charge in [0.1, 0.15) is 0 Å². The number of hydrogen-bond donors (Lipinski definition) is 1. The molecule has 2 atom stereocenters. The van der Waals surface area contributed by atoms with Gasteiger partial charge in [0.25, 0.3) is 5.91 Å².